The van der Waals surface area contributed by atoms with Crippen LogP contribution in [0.4, 0.5) is 16.4 Å². The van der Waals surface area contributed by atoms with Gasteiger partial charge in [0.2, 0.25) is 5.88 Å². The molecule has 2 N–H and O–H groups in total. The Kier molecular flexibility index (Phi) is 9.84. The molecule has 3 rings (SSSR count). The van der Waals surface area contributed by atoms with Gasteiger partial charge in [0.1, 0.15) is 6.61 Å². The van der Waals surface area contributed by atoms with Gasteiger partial charge in [-0.25, -0.2) is 18.0 Å². The molecule has 0 fully saturated rings. The molecule has 0 spiro atoms. The predicted molar refractivity (Wildman–Crippen MR) is 133 cm³/mol. The van der Waals surface area contributed by atoms with Crippen molar-refractivity contribution in [3.63, 3.8) is 0 Å². The Labute approximate surface area is 219 Å². The van der Waals surface area contributed by atoms with E-state index in [2.05, 4.69) is 9.99 Å². The number of hydrogen-bond donors (Lipinski definition) is 2. The Morgan fingerprint density at radius 3 is 2.32 bits per heavy atom. The maximum Gasteiger partial charge on any atom is 0.510 e. The monoisotopic (exact) mass is 554 g/mol. The standard InChI is InChI=1S/C23H30N4O10S/c1-16-17(2)24-37-22(16)26(15-35-23(28)34-13-11-33-12-14-36-27(29)30)38(31,32)21-10-6-7-18-19(21)8-5-9-20(18)25(3)4/h5-10,29-30H,11-15H2,1-4H3. The van der Waals surface area contributed by atoms with Crippen LogP contribution in [-0.4, -0.2) is 82.8 Å². The first-order valence-corrected chi connectivity index (χ1v) is 12.8. The molecule has 1 heterocycles. The zero-order chi connectivity index (χ0) is 27.9. The van der Waals surface area contributed by atoms with Crippen molar-refractivity contribution in [2.75, 3.05) is 56.5 Å². The molecule has 3 aromatic rings. The van der Waals surface area contributed by atoms with Gasteiger partial charge in [-0.05, 0) is 26.0 Å². The van der Waals surface area contributed by atoms with Crippen LogP contribution in [0.3, 0.4) is 0 Å². The van der Waals surface area contributed by atoms with Gasteiger partial charge in [-0.15, -0.1) is 0 Å². The first-order chi connectivity index (χ1) is 18.0. The number of anilines is 2. The molecule has 38 heavy (non-hydrogen) atoms. The third-order valence-electron chi connectivity index (χ3n) is 5.45. The van der Waals surface area contributed by atoms with E-state index < -0.39 is 28.3 Å². The quantitative estimate of drug-likeness (QED) is 0.137. The molecule has 208 valence electrons. The molecule has 0 saturated heterocycles. The van der Waals surface area contributed by atoms with Crippen LogP contribution in [0, 0.1) is 13.8 Å². The fourth-order valence-electron chi connectivity index (χ4n) is 3.49. The number of sulfonamides is 1. The summed E-state index contributed by atoms with van der Waals surface area (Å²) in [5.74, 6) is -0.0961. The predicted octanol–water partition coefficient (Wildman–Crippen LogP) is 2.85. The highest BCUT2D eigenvalue weighted by Crippen LogP contribution is 2.34. The lowest BCUT2D eigenvalue weighted by Crippen LogP contribution is -2.35. The van der Waals surface area contributed by atoms with Crippen molar-refractivity contribution in [3.8, 4) is 0 Å². The molecular formula is C23H30N4O10S. The van der Waals surface area contributed by atoms with Crippen LogP contribution in [-0.2, 0) is 29.1 Å². The van der Waals surface area contributed by atoms with E-state index in [1.165, 1.54) is 6.07 Å². The molecule has 0 aliphatic rings. The zero-order valence-corrected chi connectivity index (χ0v) is 22.2. The van der Waals surface area contributed by atoms with Crippen LogP contribution >= 0.6 is 0 Å². The van der Waals surface area contributed by atoms with Crippen LogP contribution in [0.15, 0.2) is 45.8 Å². The lowest BCUT2D eigenvalue weighted by molar-refractivity contribution is -0.493. The van der Waals surface area contributed by atoms with E-state index in [0.717, 1.165) is 15.4 Å². The second kappa shape index (κ2) is 12.9. The van der Waals surface area contributed by atoms with Gasteiger partial charge in [0.15, 0.2) is 6.73 Å². The van der Waals surface area contributed by atoms with E-state index in [1.807, 2.05) is 31.1 Å². The Morgan fingerprint density at radius 1 is 0.974 bits per heavy atom. The Morgan fingerprint density at radius 2 is 1.66 bits per heavy atom. The minimum absolute atomic E-state index is 0.00720. The number of nitrogens with zero attached hydrogens (tertiary/aromatic N) is 4. The number of ether oxygens (including phenoxy) is 3. The highest BCUT2D eigenvalue weighted by atomic mass is 32.2. The molecule has 2 aromatic carbocycles. The number of carbonyl (C=O) groups is 1. The fourth-order valence-corrected chi connectivity index (χ4v) is 5.01. The van der Waals surface area contributed by atoms with Gasteiger partial charge in [0, 0.05) is 36.1 Å². The van der Waals surface area contributed by atoms with Gasteiger partial charge in [-0.2, -0.15) is 4.31 Å². The molecule has 0 unspecified atom stereocenters. The highest BCUT2D eigenvalue weighted by Gasteiger charge is 2.33. The Hall–Kier alpha value is -3.47. The van der Waals surface area contributed by atoms with Crippen molar-refractivity contribution < 1.29 is 47.2 Å². The second-order valence-electron chi connectivity index (χ2n) is 8.14. The number of benzene rings is 2. The van der Waals surface area contributed by atoms with Crippen molar-refractivity contribution in [1.29, 1.82) is 0 Å². The van der Waals surface area contributed by atoms with Crippen molar-refractivity contribution in [3.05, 3.63) is 47.7 Å². The Bertz CT molecular complexity index is 1340. The number of aromatic nitrogens is 1. The van der Waals surface area contributed by atoms with Gasteiger partial charge < -0.3 is 23.6 Å². The number of carbonyl (C=O) groups excluding carboxylic acids is 1. The van der Waals surface area contributed by atoms with E-state index in [1.54, 1.807) is 32.0 Å². The number of aryl methyl sites for hydroxylation is 1. The fraction of sp³-hybridized carbons (Fsp3) is 0.391. The minimum atomic E-state index is -4.31. The minimum Gasteiger partial charge on any atom is -0.432 e. The van der Waals surface area contributed by atoms with Crippen molar-refractivity contribution in [2.45, 2.75) is 18.7 Å². The lowest BCUT2D eigenvalue weighted by atomic mass is 10.1. The van der Waals surface area contributed by atoms with E-state index >= 15 is 0 Å². The summed E-state index contributed by atoms with van der Waals surface area (Å²) >= 11 is 0. The van der Waals surface area contributed by atoms with E-state index in [-0.39, 0.29) is 37.2 Å². The summed E-state index contributed by atoms with van der Waals surface area (Å²) in [5, 5.41) is 21.4. The number of fused-ring (bicyclic) bond motifs is 1. The second-order valence-corrected chi connectivity index (χ2v) is 9.98. The molecule has 1 aromatic heterocycles. The largest absolute Gasteiger partial charge is 0.510 e. The average Bonchev–Trinajstić information content (AvgIpc) is 3.20. The van der Waals surface area contributed by atoms with Gasteiger partial charge in [0.05, 0.1) is 35.8 Å². The maximum absolute atomic E-state index is 13.9. The molecule has 0 amide bonds. The smallest absolute Gasteiger partial charge is 0.432 e. The van der Waals surface area contributed by atoms with Crippen LogP contribution in [0.2, 0.25) is 0 Å². The number of rotatable bonds is 13. The zero-order valence-electron chi connectivity index (χ0n) is 21.4. The first kappa shape index (κ1) is 29.1. The van der Waals surface area contributed by atoms with Crippen LogP contribution < -0.4 is 9.21 Å². The van der Waals surface area contributed by atoms with Crippen LogP contribution in [0.25, 0.3) is 10.8 Å². The summed E-state index contributed by atoms with van der Waals surface area (Å²) in [5.41, 5.74) is 1.76. The van der Waals surface area contributed by atoms with Crippen molar-refractivity contribution in [1.82, 2.24) is 10.5 Å². The molecule has 0 aliphatic carbocycles. The summed E-state index contributed by atoms with van der Waals surface area (Å²) in [4.78, 5) is 18.4. The summed E-state index contributed by atoms with van der Waals surface area (Å²) in [6.07, 6.45) is -1.14. The molecule has 0 saturated carbocycles. The van der Waals surface area contributed by atoms with Crippen molar-refractivity contribution in [2.24, 2.45) is 0 Å². The lowest BCUT2D eigenvalue weighted by Gasteiger charge is -2.23. The van der Waals surface area contributed by atoms with Gasteiger partial charge >= 0.3 is 6.16 Å². The van der Waals surface area contributed by atoms with Gasteiger partial charge in [0.25, 0.3) is 10.0 Å². The summed E-state index contributed by atoms with van der Waals surface area (Å²) in [6.45, 7) is 2.16. The van der Waals surface area contributed by atoms with Gasteiger partial charge in [-0.3, -0.25) is 10.4 Å². The van der Waals surface area contributed by atoms with E-state index in [0.29, 0.717) is 16.6 Å². The molecule has 0 radical (unpaired) electrons. The van der Waals surface area contributed by atoms with E-state index in [9.17, 15) is 13.2 Å². The highest BCUT2D eigenvalue weighted by molar-refractivity contribution is 7.93. The maximum atomic E-state index is 13.9. The molecule has 0 bridgehead atoms. The normalized spacial score (nSPS) is 11.7. The van der Waals surface area contributed by atoms with Crippen LogP contribution in [0.1, 0.15) is 11.3 Å². The summed E-state index contributed by atoms with van der Waals surface area (Å²) in [7, 11) is -0.586. The molecular weight excluding hydrogens is 524 g/mol. The number of hydrogen-bond acceptors (Lipinski definition) is 13. The van der Waals surface area contributed by atoms with Crippen LogP contribution in [0.5, 0.6) is 0 Å². The third kappa shape index (κ3) is 6.89. The molecule has 15 heteroatoms. The first-order valence-electron chi connectivity index (χ1n) is 11.4. The summed E-state index contributed by atoms with van der Waals surface area (Å²) < 4.78 is 49.1. The molecule has 0 aliphatic heterocycles. The van der Waals surface area contributed by atoms with Gasteiger partial charge in [-0.1, -0.05) is 29.4 Å². The Balaban J connectivity index is 1.79. The third-order valence-corrected chi connectivity index (χ3v) is 7.21. The SMILES string of the molecule is Cc1noc(N(COC(=O)OCCOCCON(O)O)S(=O)(=O)c2cccc3c(N(C)C)cccc23)c1C. The molecule has 14 nitrogen and oxygen atoms in total. The van der Waals surface area contributed by atoms with E-state index in [4.69, 9.17) is 29.1 Å². The summed E-state index contributed by atoms with van der Waals surface area (Å²) in [6, 6.07) is 10.3. The topological polar surface area (TPSA) is 164 Å². The average molecular weight is 555 g/mol. The van der Waals surface area contributed by atoms with Crippen molar-refractivity contribution >= 4 is 38.5 Å². The molecule has 0 atom stereocenters.